The van der Waals surface area contributed by atoms with Crippen LogP contribution in [0.4, 0.5) is 16.5 Å². The number of rotatable bonds is 8. The summed E-state index contributed by atoms with van der Waals surface area (Å²) in [5.74, 6) is 0.148. The van der Waals surface area contributed by atoms with Crippen LogP contribution in [-0.4, -0.2) is 41.8 Å². The average Bonchev–Trinajstić information content (AvgIpc) is 3.56. The third kappa shape index (κ3) is 5.47. The number of sulfonamides is 1. The highest BCUT2D eigenvalue weighted by Crippen LogP contribution is 2.34. The molecule has 1 unspecified atom stereocenters. The molecular weight excluding hydrogens is 558 g/mol. The standard InChI is InChI=1S/C25H19N7O6S2/c1-38-19-10-4-15(5-11-19)21-14-39-25(27-21)31-24(33)23(22(30-31)16-2-8-18(9-3-16)32(34)35)29-28-17-6-12-20(13-7-17)40(26,36)37/h2-14,22H,1H3,(H2-,26,28,33,36,37)/p+1. The van der Waals surface area contributed by atoms with E-state index in [-0.39, 0.29) is 16.3 Å². The first-order valence-corrected chi connectivity index (χ1v) is 13.9. The summed E-state index contributed by atoms with van der Waals surface area (Å²) < 4.78 is 29.4. The second kappa shape index (κ2) is 10.7. The zero-order valence-electron chi connectivity index (χ0n) is 20.7. The molecule has 202 valence electrons. The molecule has 1 aliphatic heterocycles. The van der Waals surface area contributed by atoms with E-state index in [0.717, 1.165) is 10.3 Å². The molecule has 0 fully saturated rings. The molecule has 0 bridgehead atoms. The van der Waals surface area contributed by atoms with Gasteiger partial charge in [-0.05, 0) is 87.2 Å². The second-order valence-corrected chi connectivity index (χ2v) is 10.8. The number of thiazole rings is 1. The molecule has 0 radical (unpaired) electrons. The van der Waals surface area contributed by atoms with Crippen LogP contribution in [0.3, 0.4) is 0 Å². The molecule has 13 nitrogen and oxygen atoms in total. The number of ether oxygens (including phenoxy) is 1. The number of primary sulfonamides is 1. The van der Waals surface area contributed by atoms with Gasteiger partial charge in [0, 0.05) is 17.7 Å². The molecule has 1 atom stereocenters. The number of hydrogen-bond acceptors (Lipinski definition) is 11. The number of hydrogen-bond donors (Lipinski definition) is 2. The number of nitro benzene ring substituents is 1. The number of anilines is 1. The first-order chi connectivity index (χ1) is 19.1. The van der Waals surface area contributed by atoms with E-state index in [1.54, 1.807) is 24.6 Å². The number of nitrogens with zero attached hydrogens (tertiary/aromatic N) is 5. The lowest BCUT2D eigenvalue weighted by Gasteiger charge is -2.06. The second-order valence-electron chi connectivity index (χ2n) is 8.41. The largest absolute Gasteiger partial charge is 0.497 e. The molecule has 0 saturated carbocycles. The van der Waals surface area contributed by atoms with Gasteiger partial charge in [-0.15, -0.1) is 0 Å². The number of non-ortho nitro benzene ring substituents is 1. The lowest BCUT2D eigenvalue weighted by atomic mass is 10.0. The van der Waals surface area contributed by atoms with E-state index in [0.29, 0.717) is 27.8 Å². The molecule has 1 aromatic heterocycles. The number of amides is 1. The fourth-order valence-electron chi connectivity index (χ4n) is 3.80. The number of carbonyl (C=O) groups excluding carboxylic acids is 1. The molecule has 2 heterocycles. The number of methoxy groups -OCH3 is 1. The van der Waals surface area contributed by atoms with Crippen molar-refractivity contribution < 1.29 is 27.6 Å². The van der Waals surface area contributed by atoms with E-state index in [4.69, 9.17) is 9.88 Å². The van der Waals surface area contributed by atoms with Gasteiger partial charge in [-0.2, -0.15) is 5.10 Å². The number of nitrogens with one attached hydrogen (secondary N) is 1. The van der Waals surface area contributed by atoms with E-state index in [2.05, 4.69) is 20.6 Å². The van der Waals surface area contributed by atoms with Crippen molar-refractivity contribution in [2.24, 2.45) is 15.4 Å². The predicted molar refractivity (Wildman–Crippen MR) is 146 cm³/mol. The number of nitro groups is 1. The minimum absolute atomic E-state index is 0.00516. The summed E-state index contributed by atoms with van der Waals surface area (Å²) in [5, 5.41) is 27.2. The van der Waals surface area contributed by atoms with Gasteiger partial charge in [0.05, 0.1) is 28.0 Å². The monoisotopic (exact) mass is 578 g/mol. The van der Waals surface area contributed by atoms with Gasteiger partial charge in [-0.1, -0.05) is 5.11 Å². The molecule has 40 heavy (non-hydrogen) atoms. The summed E-state index contributed by atoms with van der Waals surface area (Å²) in [6, 6.07) is 17.5. The summed E-state index contributed by atoms with van der Waals surface area (Å²) in [6.07, 6.45) is 0. The average molecular weight is 579 g/mol. The molecule has 0 spiro atoms. The molecule has 1 amide bonds. The quantitative estimate of drug-likeness (QED) is 0.177. The van der Waals surface area contributed by atoms with Crippen LogP contribution < -0.4 is 15.3 Å². The smallest absolute Gasteiger partial charge is 0.411 e. The van der Waals surface area contributed by atoms with E-state index in [1.807, 2.05) is 12.1 Å². The summed E-state index contributed by atoms with van der Waals surface area (Å²) in [6.45, 7) is 0. The summed E-state index contributed by atoms with van der Waals surface area (Å²) in [7, 11) is -2.30. The van der Waals surface area contributed by atoms with E-state index < -0.39 is 26.9 Å². The molecule has 15 heteroatoms. The Kier molecular flexibility index (Phi) is 7.17. The highest BCUT2D eigenvalue weighted by atomic mass is 32.2. The Bertz CT molecular complexity index is 1770. The lowest BCUT2D eigenvalue weighted by molar-refractivity contribution is -0.422. The van der Waals surface area contributed by atoms with Crippen molar-refractivity contribution in [1.82, 2.24) is 4.98 Å². The maximum absolute atomic E-state index is 13.5. The normalized spacial score (nSPS) is 16.1. The predicted octanol–water partition coefficient (Wildman–Crippen LogP) is 4.22. The van der Waals surface area contributed by atoms with Crippen LogP contribution >= 0.6 is 11.3 Å². The lowest BCUT2D eigenvalue weighted by Crippen LogP contribution is -2.21. The van der Waals surface area contributed by atoms with Gasteiger partial charge in [0.1, 0.15) is 5.75 Å². The number of nitrogens with two attached hydrogens (primary N) is 1. The number of benzene rings is 3. The van der Waals surface area contributed by atoms with Crippen molar-refractivity contribution in [3.8, 4) is 17.0 Å². The third-order valence-corrected chi connectivity index (χ3v) is 7.61. The van der Waals surface area contributed by atoms with Crippen molar-refractivity contribution in [2.75, 3.05) is 12.5 Å². The summed E-state index contributed by atoms with van der Waals surface area (Å²) in [4.78, 5) is 28.6. The van der Waals surface area contributed by atoms with Crippen molar-refractivity contribution in [3.05, 3.63) is 93.9 Å². The molecular formula is C25H20N7O6S2+. The Balaban J connectivity index is 1.48. The Labute approximate surface area is 231 Å². The van der Waals surface area contributed by atoms with Crippen LogP contribution in [0.2, 0.25) is 0 Å². The van der Waals surface area contributed by atoms with Crippen molar-refractivity contribution in [1.29, 1.82) is 0 Å². The Hall–Kier alpha value is -4.86. The van der Waals surface area contributed by atoms with Gasteiger partial charge >= 0.3 is 11.0 Å². The highest BCUT2D eigenvalue weighted by molar-refractivity contribution is 7.89. The number of azo groups is 2. The minimum atomic E-state index is -3.87. The van der Waals surface area contributed by atoms with Gasteiger partial charge in [-0.3, -0.25) is 15.5 Å². The zero-order chi connectivity index (χ0) is 28.4. The van der Waals surface area contributed by atoms with Gasteiger partial charge in [0.15, 0.2) is 17.4 Å². The Morgan fingerprint density at radius 1 is 1.07 bits per heavy atom. The maximum atomic E-state index is 13.5. The highest BCUT2D eigenvalue weighted by Gasteiger charge is 2.42. The number of carbonyl (C=O) groups is 1. The molecule has 0 saturated heterocycles. The molecule has 3 aromatic carbocycles. The SMILES string of the molecule is COc1ccc(-c2csc([N+]3=NC(c4ccc([N+](=O)[O-])cc4)/C(=N\Nc4ccc(S(N)(=O)=O)cc4)C3=O)n2)cc1. The zero-order valence-corrected chi connectivity index (χ0v) is 22.3. The number of hydrazone groups is 1. The van der Waals surface area contributed by atoms with Gasteiger partial charge < -0.3 is 4.74 Å². The van der Waals surface area contributed by atoms with Crippen LogP contribution in [-0.2, 0) is 14.8 Å². The van der Waals surface area contributed by atoms with Crippen LogP contribution in [0.1, 0.15) is 11.6 Å². The van der Waals surface area contributed by atoms with Crippen LogP contribution in [0, 0.1) is 10.1 Å². The Morgan fingerprint density at radius 3 is 2.35 bits per heavy atom. The fraction of sp³-hybridized carbons (Fsp3) is 0.0800. The minimum Gasteiger partial charge on any atom is -0.497 e. The first-order valence-electron chi connectivity index (χ1n) is 11.5. The molecule has 4 aromatic rings. The summed E-state index contributed by atoms with van der Waals surface area (Å²) >= 11 is 1.21. The molecule has 3 N–H and O–H groups in total. The van der Waals surface area contributed by atoms with Gasteiger partial charge in [0.25, 0.3) is 5.69 Å². The Morgan fingerprint density at radius 2 is 1.75 bits per heavy atom. The van der Waals surface area contributed by atoms with E-state index in [9.17, 15) is 23.3 Å². The van der Waals surface area contributed by atoms with E-state index in [1.165, 1.54) is 59.9 Å². The van der Waals surface area contributed by atoms with Crippen LogP contribution in [0.15, 0.2) is 93.3 Å². The molecule has 0 aliphatic carbocycles. The first kappa shape index (κ1) is 26.7. The molecule has 5 rings (SSSR count). The van der Waals surface area contributed by atoms with Gasteiger partial charge in [0.2, 0.25) is 10.0 Å². The van der Waals surface area contributed by atoms with Gasteiger partial charge in [-0.25, -0.2) is 18.4 Å². The van der Waals surface area contributed by atoms with E-state index >= 15 is 0 Å². The van der Waals surface area contributed by atoms with Crippen LogP contribution in [0.25, 0.3) is 11.3 Å². The van der Waals surface area contributed by atoms with Crippen molar-refractivity contribution in [2.45, 2.75) is 10.9 Å². The summed E-state index contributed by atoms with van der Waals surface area (Å²) in [5.41, 5.74) is 4.99. The van der Waals surface area contributed by atoms with Crippen molar-refractivity contribution in [3.63, 3.8) is 0 Å². The fourth-order valence-corrected chi connectivity index (χ4v) is 5.10. The third-order valence-electron chi connectivity index (χ3n) is 5.87. The van der Waals surface area contributed by atoms with Crippen LogP contribution in [0.5, 0.6) is 5.75 Å². The number of aromatic nitrogens is 1. The topological polar surface area (TPSA) is 182 Å². The molecule has 1 aliphatic rings. The maximum Gasteiger partial charge on any atom is 0.411 e. The van der Waals surface area contributed by atoms with Crippen molar-refractivity contribution >= 4 is 49.5 Å².